The molecule has 0 aromatic heterocycles. The number of hydrogen-bond donors (Lipinski definition) is 2. The first-order chi connectivity index (χ1) is 10.8. The molecule has 2 rings (SSSR count). The Morgan fingerprint density at radius 3 is 2.70 bits per heavy atom. The van der Waals surface area contributed by atoms with E-state index in [1.807, 2.05) is 0 Å². The number of alkyl halides is 3. The SMILES string of the molecule is O=C(NCC1CCCN(C(=O)CSC(F)(F)F)C1)C1CCCN1. The molecule has 0 aromatic rings. The molecule has 2 unspecified atom stereocenters. The molecule has 2 atom stereocenters. The number of rotatable bonds is 5. The van der Waals surface area contributed by atoms with Crippen molar-refractivity contribution in [3.63, 3.8) is 0 Å². The number of amides is 2. The highest BCUT2D eigenvalue weighted by Gasteiger charge is 2.32. The summed E-state index contributed by atoms with van der Waals surface area (Å²) in [6, 6.07) is -0.139. The molecule has 23 heavy (non-hydrogen) atoms. The number of thioether (sulfide) groups is 1. The summed E-state index contributed by atoms with van der Waals surface area (Å²) in [7, 11) is 0. The summed E-state index contributed by atoms with van der Waals surface area (Å²) >= 11 is -0.298. The first-order valence-corrected chi connectivity index (χ1v) is 8.83. The van der Waals surface area contributed by atoms with Gasteiger partial charge in [0.2, 0.25) is 11.8 Å². The van der Waals surface area contributed by atoms with E-state index < -0.39 is 17.2 Å². The Hall–Kier alpha value is -0.960. The van der Waals surface area contributed by atoms with Crippen molar-refractivity contribution in [2.45, 2.75) is 37.2 Å². The van der Waals surface area contributed by atoms with Gasteiger partial charge in [0.1, 0.15) is 0 Å². The lowest BCUT2D eigenvalue weighted by Crippen LogP contribution is -2.47. The van der Waals surface area contributed by atoms with Crippen molar-refractivity contribution in [2.24, 2.45) is 5.92 Å². The molecule has 2 N–H and O–H groups in total. The highest BCUT2D eigenvalue weighted by Crippen LogP contribution is 2.30. The first kappa shape index (κ1) is 18.4. The number of likely N-dealkylation sites (tertiary alicyclic amines) is 1. The van der Waals surface area contributed by atoms with Crippen LogP contribution in [0.1, 0.15) is 25.7 Å². The molecule has 2 aliphatic heterocycles. The quantitative estimate of drug-likeness (QED) is 0.783. The Morgan fingerprint density at radius 1 is 1.26 bits per heavy atom. The molecule has 2 amide bonds. The predicted molar refractivity (Wildman–Crippen MR) is 81.9 cm³/mol. The Morgan fingerprint density at radius 2 is 2.04 bits per heavy atom. The molecular formula is C14H22F3N3O2S. The van der Waals surface area contributed by atoms with E-state index in [9.17, 15) is 22.8 Å². The lowest BCUT2D eigenvalue weighted by Gasteiger charge is -2.33. The normalized spacial score (nSPS) is 25.4. The van der Waals surface area contributed by atoms with Crippen LogP contribution in [0.25, 0.3) is 0 Å². The zero-order valence-corrected chi connectivity index (χ0v) is 13.6. The summed E-state index contributed by atoms with van der Waals surface area (Å²) in [5, 5.41) is 6.00. The Kier molecular flexibility index (Phi) is 6.58. The zero-order chi connectivity index (χ0) is 16.9. The number of piperidine rings is 1. The van der Waals surface area contributed by atoms with Crippen molar-refractivity contribution >= 4 is 23.6 Å². The topological polar surface area (TPSA) is 61.4 Å². The lowest BCUT2D eigenvalue weighted by atomic mass is 9.98. The van der Waals surface area contributed by atoms with Crippen LogP contribution < -0.4 is 10.6 Å². The van der Waals surface area contributed by atoms with Crippen LogP contribution in [0.5, 0.6) is 0 Å². The summed E-state index contributed by atoms with van der Waals surface area (Å²) in [5.41, 5.74) is -4.38. The third kappa shape index (κ3) is 6.21. The van der Waals surface area contributed by atoms with Gasteiger partial charge in [-0.25, -0.2) is 0 Å². The maximum atomic E-state index is 12.2. The number of hydrogen-bond acceptors (Lipinski definition) is 4. The second kappa shape index (κ2) is 8.23. The van der Waals surface area contributed by atoms with E-state index in [2.05, 4.69) is 10.6 Å². The second-order valence-corrected chi connectivity index (χ2v) is 7.02. The molecule has 2 aliphatic rings. The standard InChI is InChI=1S/C14H22F3N3O2S/c15-14(16,17)23-9-12(21)20-6-2-3-10(8-20)7-19-13(22)11-4-1-5-18-11/h10-11,18H,1-9H2,(H,19,22). The van der Waals surface area contributed by atoms with Crippen molar-refractivity contribution in [1.82, 2.24) is 15.5 Å². The van der Waals surface area contributed by atoms with Crippen LogP contribution in [0.15, 0.2) is 0 Å². The van der Waals surface area contributed by atoms with E-state index >= 15 is 0 Å². The third-order valence-electron chi connectivity index (χ3n) is 4.17. The fourth-order valence-corrected chi connectivity index (χ4v) is 3.44. The minimum Gasteiger partial charge on any atom is -0.354 e. The van der Waals surface area contributed by atoms with E-state index in [0.29, 0.717) is 19.6 Å². The zero-order valence-electron chi connectivity index (χ0n) is 12.8. The maximum absolute atomic E-state index is 12.2. The number of carbonyl (C=O) groups is 2. The Labute approximate surface area is 137 Å². The van der Waals surface area contributed by atoms with Gasteiger partial charge in [-0.2, -0.15) is 13.2 Å². The molecule has 0 bridgehead atoms. The molecule has 0 spiro atoms. The van der Waals surface area contributed by atoms with Crippen LogP contribution in [0.4, 0.5) is 13.2 Å². The van der Waals surface area contributed by atoms with E-state index in [1.54, 1.807) is 0 Å². The van der Waals surface area contributed by atoms with Gasteiger partial charge in [-0.3, -0.25) is 9.59 Å². The molecule has 0 aromatic carbocycles. The van der Waals surface area contributed by atoms with Crippen LogP contribution in [0, 0.1) is 5.92 Å². The summed E-state index contributed by atoms with van der Waals surface area (Å²) in [5.74, 6) is -0.984. The maximum Gasteiger partial charge on any atom is 0.442 e. The average Bonchev–Trinajstić information content (AvgIpc) is 3.04. The average molecular weight is 353 g/mol. The monoisotopic (exact) mass is 353 g/mol. The summed E-state index contributed by atoms with van der Waals surface area (Å²) in [6.07, 6.45) is 3.44. The van der Waals surface area contributed by atoms with Gasteiger partial charge in [-0.1, -0.05) is 0 Å². The van der Waals surface area contributed by atoms with Crippen LogP contribution in [0.2, 0.25) is 0 Å². The van der Waals surface area contributed by atoms with E-state index in [1.165, 1.54) is 4.90 Å². The fraction of sp³-hybridized carbons (Fsp3) is 0.857. The van der Waals surface area contributed by atoms with E-state index in [4.69, 9.17) is 0 Å². The molecule has 2 saturated heterocycles. The molecule has 9 heteroatoms. The minimum absolute atomic E-state index is 0.0291. The lowest BCUT2D eigenvalue weighted by molar-refractivity contribution is -0.130. The molecule has 5 nitrogen and oxygen atoms in total. The number of carbonyl (C=O) groups excluding carboxylic acids is 2. The van der Waals surface area contributed by atoms with Crippen LogP contribution >= 0.6 is 11.8 Å². The third-order valence-corrected chi connectivity index (χ3v) is 4.89. The summed E-state index contributed by atoms with van der Waals surface area (Å²) in [6.45, 7) is 2.22. The molecule has 0 aliphatic carbocycles. The smallest absolute Gasteiger partial charge is 0.354 e. The molecule has 2 fully saturated rings. The van der Waals surface area contributed by atoms with Gasteiger partial charge in [0.05, 0.1) is 11.8 Å². The van der Waals surface area contributed by atoms with Gasteiger partial charge in [0.25, 0.3) is 0 Å². The number of nitrogens with zero attached hydrogens (tertiary/aromatic N) is 1. The van der Waals surface area contributed by atoms with Crippen molar-refractivity contribution in [2.75, 3.05) is 31.9 Å². The molecule has 132 valence electrons. The van der Waals surface area contributed by atoms with Gasteiger partial charge in [-0.05, 0) is 49.9 Å². The number of halogens is 3. The fourth-order valence-electron chi connectivity index (χ4n) is 2.97. The summed E-state index contributed by atoms with van der Waals surface area (Å²) in [4.78, 5) is 25.3. The largest absolute Gasteiger partial charge is 0.442 e. The summed E-state index contributed by atoms with van der Waals surface area (Å²) < 4.78 is 36.5. The minimum atomic E-state index is -4.38. The van der Waals surface area contributed by atoms with Crippen LogP contribution in [-0.2, 0) is 9.59 Å². The number of nitrogens with one attached hydrogen (secondary N) is 2. The van der Waals surface area contributed by atoms with Crippen molar-refractivity contribution in [3.05, 3.63) is 0 Å². The molecular weight excluding hydrogens is 331 g/mol. The van der Waals surface area contributed by atoms with Crippen molar-refractivity contribution in [1.29, 1.82) is 0 Å². The van der Waals surface area contributed by atoms with Crippen molar-refractivity contribution < 1.29 is 22.8 Å². The molecule has 2 heterocycles. The van der Waals surface area contributed by atoms with Gasteiger partial charge in [0.15, 0.2) is 0 Å². The van der Waals surface area contributed by atoms with Gasteiger partial charge in [-0.15, -0.1) is 0 Å². The highest BCUT2D eigenvalue weighted by molar-refractivity contribution is 8.00. The van der Waals surface area contributed by atoms with Gasteiger partial charge < -0.3 is 15.5 Å². The second-order valence-electron chi connectivity index (χ2n) is 5.98. The van der Waals surface area contributed by atoms with Crippen LogP contribution in [-0.4, -0.2) is 60.2 Å². The molecule has 0 saturated carbocycles. The van der Waals surface area contributed by atoms with Gasteiger partial charge in [0, 0.05) is 19.6 Å². The van der Waals surface area contributed by atoms with Gasteiger partial charge >= 0.3 is 5.51 Å². The van der Waals surface area contributed by atoms with Crippen LogP contribution in [0.3, 0.4) is 0 Å². The van der Waals surface area contributed by atoms with Crippen molar-refractivity contribution in [3.8, 4) is 0 Å². The van der Waals surface area contributed by atoms with E-state index in [-0.39, 0.29) is 29.6 Å². The highest BCUT2D eigenvalue weighted by atomic mass is 32.2. The Bertz CT molecular complexity index is 428. The Balaban J connectivity index is 1.72. The van der Waals surface area contributed by atoms with E-state index in [0.717, 1.165) is 32.2 Å². The molecule has 0 radical (unpaired) electrons. The first-order valence-electron chi connectivity index (χ1n) is 7.85. The predicted octanol–water partition coefficient (Wildman–Crippen LogP) is 1.35.